The van der Waals surface area contributed by atoms with E-state index in [0.717, 1.165) is 16.7 Å². The van der Waals surface area contributed by atoms with Gasteiger partial charge in [-0.05, 0) is 117 Å². The normalized spacial score (nSPS) is 20.3. The van der Waals surface area contributed by atoms with E-state index < -0.39 is 92.2 Å². The maximum absolute atomic E-state index is 13.9. The Labute approximate surface area is 635 Å². The maximum atomic E-state index is 13.9. The molecule has 25 nitrogen and oxygen atoms in total. The Morgan fingerprint density at radius 2 is 0.972 bits per heavy atom. The van der Waals surface area contributed by atoms with E-state index in [1.165, 1.54) is 12.7 Å². The standard InChI is InChI=1S/C77H97N15O10P2SSi2/c1-52(2)92(53(3)4)103(95-44-30-42-78)96-46-59-62(66(102-107(13,14)76(8,9)10)74(99-59)91-51-85-64-68(81-49-83-70(64)91)87-72(94)55-34-22-16-23-35-55)89-104(105,97-45-31-43-79)98-47-60-61(88-77(56-36-24-17-25-37-56,57-38-26-18-27-39-57)58-40-28-19-29-41-58)65(101-106(11,12)75(5,6)7)73(100-60)90-50-84-63-67(80-48-82-69(63)90)86-71(93)54-32-20-15-21-33-54/h15-29,32-41,48-53,59-62,65-66,73-74,88H,30-31,44-47H2,1-14H3,(H,89,105)(H,80,82,86,93)(H,81,83,87,94)/t59-,60-,61-,62-,65-,66-,73-,74-,103?,104?/m1/s1. The number of carbonyl (C=O) groups excluding carboxylic acids is 2. The average molecular weight is 1540 g/mol. The Bertz CT molecular complexity index is 4500. The highest BCUT2D eigenvalue weighted by molar-refractivity contribution is 8.09. The molecule has 0 aliphatic carbocycles. The minimum Gasteiger partial charge on any atom is -0.408 e. The van der Waals surface area contributed by atoms with Crippen molar-refractivity contribution in [1.82, 2.24) is 54.1 Å². The van der Waals surface area contributed by atoms with Gasteiger partial charge in [0.15, 0.2) is 63.1 Å². The van der Waals surface area contributed by atoms with Gasteiger partial charge in [-0.3, -0.25) is 24.0 Å². The molecule has 0 spiro atoms. The lowest BCUT2D eigenvalue weighted by molar-refractivity contribution is -0.0451. The summed E-state index contributed by atoms with van der Waals surface area (Å²) in [6.45, 7) is 25.6. The summed E-state index contributed by atoms with van der Waals surface area (Å²) in [4.78, 5) is 56.2. The van der Waals surface area contributed by atoms with Crippen LogP contribution in [0.5, 0.6) is 0 Å². The summed E-state index contributed by atoms with van der Waals surface area (Å²) in [5, 5.41) is 33.4. The molecule has 9 aromatic rings. The number of amides is 2. The maximum Gasteiger partial charge on any atom is 0.261 e. The lowest BCUT2D eigenvalue weighted by Crippen LogP contribution is -2.59. The number of carbonyl (C=O) groups is 2. The van der Waals surface area contributed by atoms with Gasteiger partial charge in [0.05, 0.1) is 81.7 Å². The van der Waals surface area contributed by atoms with Gasteiger partial charge in [-0.1, -0.05) is 169 Å². The molecule has 6 heterocycles. The highest BCUT2D eigenvalue weighted by Gasteiger charge is 2.57. The topological polar surface area (TPSA) is 294 Å². The second kappa shape index (κ2) is 34.4. The number of nitrogens with one attached hydrogen (secondary N) is 4. The molecule has 2 aliphatic rings. The van der Waals surface area contributed by atoms with Gasteiger partial charge in [-0.25, -0.2) is 39.7 Å². The third-order valence-corrected chi connectivity index (χ3v) is 33.8. The molecule has 10 atom stereocenters. The summed E-state index contributed by atoms with van der Waals surface area (Å²) < 4.78 is 64.4. The van der Waals surface area contributed by atoms with E-state index in [4.69, 9.17) is 68.2 Å². The van der Waals surface area contributed by atoms with Gasteiger partial charge in [-0.15, -0.1) is 0 Å². The molecule has 564 valence electrons. The van der Waals surface area contributed by atoms with Crippen molar-refractivity contribution in [2.45, 2.75) is 185 Å². The van der Waals surface area contributed by atoms with E-state index in [1.54, 1.807) is 65.8 Å². The van der Waals surface area contributed by atoms with Gasteiger partial charge in [0, 0.05) is 23.2 Å². The minimum atomic E-state index is -4.02. The lowest BCUT2D eigenvalue weighted by Gasteiger charge is -2.44. The molecular weight excluding hydrogens is 1450 g/mol. The zero-order chi connectivity index (χ0) is 76.5. The number of nitrogens with zero attached hydrogens (tertiary/aromatic N) is 11. The summed E-state index contributed by atoms with van der Waals surface area (Å²) >= 11 is 6.94. The predicted molar refractivity (Wildman–Crippen MR) is 422 cm³/mol. The fraction of sp³-hybridized carbons (Fsp3) is 0.429. The highest BCUT2D eigenvalue weighted by atomic mass is 32.5. The van der Waals surface area contributed by atoms with Gasteiger partial charge in [0.1, 0.15) is 37.1 Å². The third-order valence-electron chi connectivity index (χ3n) is 20.2. The number of aromatic nitrogens is 8. The van der Waals surface area contributed by atoms with Crippen LogP contribution in [0.1, 0.15) is 132 Å². The van der Waals surface area contributed by atoms with Crippen LogP contribution in [-0.4, -0.2) is 147 Å². The van der Waals surface area contributed by atoms with Crippen LogP contribution in [-0.2, 0) is 53.8 Å². The number of ether oxygens (including phenoxy) is 2. The number of nitriles is 2. The number of fused-ring (bicyclic) bond motifs is 2. The first-order valence-corrected chi connectivity index (χ1v) is 45.6. The Morgan fingerprint density at radius 3 is 1.38 bits per heavy atom. The Hall–Kier alpha value is -7.81. The van der Waals surface area contributed by atoms with E-state index in [0.29, 0.717) is 33.5 Å². The van der Waals surface area contributed by atoms with Gasteiger partial charge in [0.25, 0.3) is 27.0 Å². The SMILES string of the molecule is CC(C)N(C(C)C)P(OCCC#N)OC[C@H]1O[C@@H](n2cnc3c(NC(=O)c4ccccc4)ncnc32)[C@H](O[Si](C)(C)C(C)(C)C)[C@@H]1NP(=S)(OCCC#N)OC[C@H]1O[C@@H](n2cnc3c(NC(=O)c4ccccc4)ncnc32)[C@H](O[Si](C)(C)C(C)(C)C)[C@@H]1NC(c1ccccc1)(c1ccccc1)c1ccccc1. The molecule has 4 aromatic heterocycles. The minimum absolute atomic E-state index is 0.0440. The Balaban J connectivity index is 1.07. The number of imidazole rings is 2. The number of hydrogen-bond acceptors (Lipinski definition) is 21. The molecule has 2 fully saturated rings. The molecule has 2 saturated heterocycles. The number of rotatable bonds is 32. The summed E-state index contributed by atoms with van der Waals surface area (Å²) in [5.41, 5.74) is 3.78. The number of benzene rings is 5. The van der Waals surface area contributed by atoms with Crippen LogP contribution in [0.3, 0.4) is 0 Å². The highest BCUT2D eigenvalue weighted by Crippen LogP contribution is 2.54. The van der Waals surface area contributed by atoms with Crippen molar-refractivity contribution in [3.63, 3.8) is 0 Å². The van der Waals surface area contributed by atoms with E-state index in [-0.39, 0.29) is 79.0 Å². The van der Waals surface area contributed by atoms with Crippen LogP contribution in [0.4, 0.5) is 11.6 Å². The van der Waals surface area contributed by atoms with Crippen LogP contribution in [0.2, 0.25) is 36.3 Å². The summed E-state index contributed by atoms with van der Waals surface area (Å²) in [5.74, 6) is -0.401. The Morgan fingerprint density at radius 1 is 0.570 bits per heavy atom. The van der Waals surface area contributed by atoms with E-state index in [9.17, 15) is 20.1 Å². The van der Waals surface area contributed by atoms with E-state index in [1.807, 2.05) is 71.3 Å². The fourth-order valence-electron chi connectivity index (χ4n) is 12.8. The molecule has 107 heavy (non-hydrogen) atoms. The lowest BCUT2D eigenvalue weighted by atomic mass is 9.76. The first-order chi connectivity index (χ1) is 51.1. The van der Waals surface area contributed by atoms with Crippen molar-refractivity contribution >= 4 is 89.4 Å². The van der Waals surface area contributed by atoms with Crippen LogP contribution in [0.25, 0.3) is 22.3 Å². The molecule has 2 unspecified atom stereocenters. The van der Waals surface area contributed by atoms with Gasteiger partial charge >= 0.3 is 0 Å². The third kappa shape index (κ3) is 18.1. The van der Waals surface area contributed by atoms with Crippen molar-refractivity contribution in [3.05, 3.63) is 205 Å². The second-order valence-corrected chi connectivity index (χ2v) is 44.3. The number of anilines is 2. The molecule has 0 radical (unpaired) electrons. The van der Waals surface area contributed by atoms with Crippen molar-refractivity contribution in [3.8, 4) is 12.1 Å². The molecule has 5 aromatic carbocycles. The largest absolute Gasteiger partial charge is 0.408 e. The van der Waals surface area contributed by atoms with Gasteiger partial charge in [-0.2, -0.15) is 10.5 Å². The molecule has 0 saturated carbocycles. The van der Waals surface area contributed by atoms with Crippen LogP contribution in [0.15, 0.2) is 177 Å². The monoisotopic (exact) mass is 1540 g/mol. The smallest absolute Gasteiger partial charge is 0.261 e. The van der Waals surface area contributed by atoms with Crippen LogP contribution >= 0.6 is 15.2 Å². The van der Waals surface area contributed by atoms with Gasteiger partial charge < -0.3 is 47.1 Å². The molecule has 30 heteroatoms. The van der Waals surface area contributed by atoms with Gasteiger partial charge in [0.2, 0.25) is 0 Å². The fourth-order valence-corrected chi connectivity index (χ4v) is 19.4. The average Bonchev–Trinajstić information content (AvgIpc) is 1.71. The van der Waals surface area contributed by atoms with Crippen molar-refractivity contribution < 1.29 is 46.0 Å². The summed E-state index contributed by atoms with van der Waals surface area (Å²) in [6, 6.07) is 51.1. The zero-order valence-corrected chi connectivity index (χ0v) is 67.7. The van der Waals surface area contributed by atoms with Crippen molar-refractivity contribution in [1.29, 1.82) is 10.5 Å². The first kappa shape index (κ1) is 80.2. The Kier molecular flexibility index (Phi) is 25.8. The van der Waals surface area contributed by atoms with E-state index in [2.05, 4.69) is 180 Å². The van der Waals surface area contributed by atoms with Crippen molar-refractivity contribution in [2.24, 2.45) is 0 Å². The van der Waals surface area contributed by atoms with Crippen LogP contribution in [0, 0.1) is 22.7 Å². The molecule has 11 rings (SSSR count). The second-order valence-electron chi connectivity index (χ2n) is 30.1. The quantitative estimate of drug-likeness (QED) is 0.0132. The van der Waals surface area contributed by atoms with Crippen LogP contribution < -0.4 is 21.0 Å². The summed E-state index contributed by atoms with van der Waals surface area (Å²) in [6.07, 6.45) is 0.284. The number of hydrogen-bond donors (Lipinski definition) is 4. The molecule has 4 N–H and O–H groups in total. The molecular formula is C77H97N15O10P2SSi2. The molecule has 2 amide bonds. The first-order valence-electron chi connectivity index (χ1n) is 36.0. The van der Waals surface area contributed by atoms with E-state index >= 15 is 0 Å². The molecule has 2 aliphatic heterocycles. The van der Waals surface area contributed by atoms with Crippen molar-refractivity contribution in [2.75, 3.05) is 37.1 Å². The molecule has 0 bridgehead atoms. The zero-order valence-electron chi connectivity index (χ0n) is 63.1. The summed E-state index contributed by atoms with van der Waals surface area (Å²) in [7, 11) is -7.62. The predicted octanol–water partition coefficient (Wildman–Crippen LogP) is 15.1.